The molecule has 0 radical (unpaired) electrons. The summed E-state index contributed by atoms with van der Waals surface area (Å²) in [5, 5.41) is 2.88. The van der Waals surface area contributed by atoms with Gasteiger partial charge in [-0.2, -0.15) is 0 Å². The minimum Gasteiger partial charge on any atom is -0.346 e. The van der Waals surface area contributed by atoms with Gasteiger partial charge < -0.3 is 5.32 Å². The molecule has 29 heavy (non-hydrogen) atoms. The van der Waals surface area contributed by atoms with E-state index in [0.717, 1.165) is 11.1 Å². The van der Waals surface area contributed by atoms with E-state index in [-0.39, 0.29) is 40.3 Å². The molecule has 1 aliphatic heterocycles. The number of aryl methyl sites for hydroxylation is 1. The fraction of sp³-hybridized carbons (Fsp3) is 0.350. The van der Waals surface area contributed by atoms with Crippen molar-refractivity contribution < 1.29 is 21.6 Å². The highest BCUT2D eigenvalue weighted by Crippen LogP contribution is 2.19. The molecule has 2 aromatic carbocycles. The molecule has 2 N–H and O–H groups in total. The maximum atomic E-state index is 12.6. The van der Waals surface area contributed by atoms with Gasteiger partial charge in [0.1, 0.15) is 0 Å². The summed E-state index contributed by atoms with van der Waals surface area (Å²) in [5.41, 5.74) is 2.24. The van der Waals surface area contributed by atoms with E-state index in [2.05, 4.69) is 10.0 Å². The molecule has 1 heterocycles. The van der Waals surface area contributed by atoms with Crippen molar-refractivity contribution in [2.24, 2.45) is 0 Å². The van der Waals surface area contributed by atoms with Crippen LogP contribution in [0, 0.1) is 6.92 Å². The summed E-state index contributed by atoms with van der Waals surface area (Å²) in [7, 11) is -7.14. The maximum Gasteiger partial charge on any atom is 0.251 e. The monoisotopic (exact) mass is 436 g/mol. The lowest BCUT2D eigenvalue weighted by Crippen LogP contribution is -2.35. The first-order valence-corrected chi connectivity index (χ1v) is 12.6. The van der Waals surface area contributed by atoms with Crippen LogP contribution in [-0.4, -0.2) is 40.3 Å². The molecule has 0 aromatic heterocycles. The molecule has 1 amide bonds. The fourth-order valence-corrected chi connectivity index (χ4v) is 6.51. The molecule has 156 valence electrons. The predicted octanol–water partition coefficient (Wildman–Crippen LogP) is 1.95. The van der Waals surface area contributed by atoms with E-state index in [1.807, 2.05) is 38.1 Å². The highest BCUT2D eigenvalue weighted by molar-refractivity contribution is 7.92. The summed E-state index contributed by atoms with van der Waals surface area (Å²) in [4.78, 5) is 12.6. The molecule has 7 nitrogen and oxygen atoms in total. The first kappa shape index (κ1) is 21.5. The van der Waals surface area contributed by atoms with Crippen molar-refractivity contribution in [3.63, 3.8) is 0 Å². The Hall–Kier alpha value is -2.23. The molecular formula is C20H24N2O5S2. The third-order valence-corrected chi connectivity index (χ3v) is 8.25. The van der Waals surface area contributed by atoms with Gasteiger partial charge in [0.05, 0.1) is 22.4 Å². The predicted molar refractivity (Wildman–Crippen MR) is 111 cm³/mol. The van der Waals surface area contributed by atoms with Crippen molar-refractivity contribution in [1.82, 2.24) is 10.0 Å². The molecule has 0 bridgehead atoms. The standard InChI is InChI=1S/C20H24N2O5S2/c1-14-6-3-4-9-19(14)15(2)21-20(23)16-7-5-8-18(12-16)29(26,27)22-17-10-11-28(24,25)13-17/h3-9,12,15,17,22H,10-11,13H2,1-2H3,(H,21,23). The normalized spacial score (nSPS) is 19.6. The van der Waals surface area contributed by atoms with Crippen molar-refractivity contribution in [2.45, 2.75) is 37.2 Å². The van der Waals surface area contributed by atoms with E-state index >= 15 is 0 Å². The van der Waals surface area contributed by atoms with Crippen molar-refractivity contribution >= 4 is 25.8 Å². The Morgan fingerprint density at radius 2 is 1.86 bits per heavy atom. The van der Waals surface area contributed by atoms with Gasteiger partial charge in [0.25, 0.3) is 5.91 Å². The van der Waals surface area contributed by atoms with Crippen LogP contribution in [0.25, 0.3) is 0 Å². The summed E-state index contributed by atoms with van der Waals surface area (Å²) < 4.78 is 50.8. The Kier molecular flexibility index (Phi) is 6.11. The molecule has 0 aliphatic carbocycles. The number of benzene rings is 2. The second-order valence-corrected chi connectivity index (χ2v) is 11.2. The lowest BCUT2D eigenvalue weighted by molar-refractivity contribution is 0.0939. The van der Waals surface area contributed by atoms with Crippen LogP contribution in [0.5, 0.6) is 0 Å². The second-order valence-electron chi connectivity index (χ2n) is 7.30. The average Bonchev–Trinajstić information content (AvgIpc) is 2.99. The van der Waals surface area contributed by atoms with Crippen LogP contribution in [0.1, 0.15) is 40.9 Å². The number of amides is 1. The van der Waals surface area contributed by atoms with Crippen LogP contribution in [0.2, 0.25) is 0 Å². The lowest BCUT2D eigenvalue weighted by atomic mass is 10.0. The number of sulfone groups is 1. The van der Waals surface area contributed by atoms with Gasteiger partial charge in [0.2, 0.25) is 10.0 Å². The fourth-order valence-electron chi connectivity index (χ4n) is 3.41. The largest absolute Gasteiger partial charge is 0.346 e. The van der Waals surface area contributed by atoms with E-state index in [1.165, 1.54) is 18.2 Å². The number of sulfonamides is 1. The van der Waals surface area contributed by atoms with Gasteiger partial charge >= 0.3 is 0 Å². The molecule has 1 saturated heterocycles. The van der Waals surface area contributed by atoms with Gasteiger partial charge in [-0.3, -0.25) is 4.79 Å². The molecule has 0 spiro atoms. The zero-order valence-electron chi connectivity index (χ0n) is 16.3. The molecule has 3 rings (SSSR count). The van der Waals surface area contributed by atoms with Gasteiger partial charge in [-0.1, -0.05) is 30.3 Å². The van der Waals surface area contributed by atoms with Crippen LogP contribution >= 0.6 is 0 Å². The molecule has 1 aliphatic rings. The number of hydrogen-bond acceptors (Lipinski definition) is 5. The van der Waals surface area contributed by atoms with E-state index in [9.17, 15) is 21.6 Å². The van der Waals surface area contributed by atoms with Gasteiger partial charge in [-0.05, 0) is 49.6 Å². The van der Waals surface area contributed by atoms with Crippen molar-refractivity contribution in [1.29, 1.82) is 0 Å². The zero-order valence-corrected chi connectivity index (χ0v) is 17.9. The minimum absolute atomic E-state index is 0.0283. The van der Waals surface area contributed by atoms with Gasteiger partial charge in [0, 0.05) is 11.6 Å². The van der Waals surface area contributed by atoms with E-state index in [4.69, 9.17) is 0 Å². The van der Waals surface area contributed by atoms with Gasteiger partial charge in [0.15, 0.2) is 9.84 Å². The van der Waals surface area contributed by atoms with Crippen LogP contribution in [0.3, 0.4) is 0 Å². The molecule has 0 saturated carbocycles. The number of rotatable bonds is 6. The van der Waals surface area contributed by atoms with E-state index in [0.29, 0.717) is 0 Å². The first-order chi connectivity index (χ1) is 13.6. The zero-order chi connectivity index (χ0) is 21.2. The Morgan fingerprint density at radius 3 is 2.52 bits per heavy atom. The molecule has 9 heteroatoms. The first-order valence-electron chi connectivity index (χ1n) is 9.26. The summed E-state index contributed by atoms with van der Waals surface area (Å²) in [5.74, 6) is -0.624. The topological polar surface area (TPSA) is 109 Å². The summed E-state index contributed by atoms with van der Waals surface area (Å²) in [6.07, 6.45) is 0.246. The van der Waals surface area contributed by atoms with Crippen LogP contribution in [-0.2, 0) is 19.9 Å². The van der Waals surface area contributed by atoms with Crippen LogP contribution in [0.4, 0.5) is 0 Å². The van der Waals surface area contributed by atoms with Crippen molar-refractivity contribution in [3.8, 4) is 0 Å². The number of hydrogen-bond donors (Lipinski definition) is 2. The summed E-state index contributed by atoms with van der Waals surface area (Å²) in [6, 6.07) is 12.5. The summed E-state index contributed by atoms with van der Waals surface area (Å²) >= 11 is 0. The third kappa shape index (κ3) is 5.23. The van der Waals surface area contributed by atoms with Crippen LogP contribution < -0.4 is 10.0 Å². The number of nitrogens with one attached hydrogen (secondary N) is 2. The number of carbonyl (C=O) groups is 1. The highest BCUT2D eigenvalue weighted by atomic mass is 32.2. The van der Waals surface area contributed by atoms with E-state index in [1.54, 1.807) is 6.07 Å². The van der Waals surface area contributed by atoms with Gasteiger partial charge in [-0.25, -0.2) is 21.6 Å². The Morgan fingerprint density at radius 1 is 1.14 bits per heavy atom. The molecule has 2 aromatic rings. The van der Waals surface area contributed by atoms with E-state index < -0.39 is 25.9 Å². The molecular weight excluding hydrogens is 412 g/mol. The van der Waals surface area contributed by atoms with Crippen molar-refractivity contribution in [3.05, 3.63) is 65.2 Å². The third-order valence-electron chi connectivity index (χ3n) is 4.96. The second kappa shape index (κ2) is 8.25. The minimum atomic E-state index is -3.93. The lowest BCUT2D eigenvalue weighted by Gasteiger charge is -2.17. The quantitative estimate of drug-likeness (QED) is 0.719. The maximum absolute atomic E-state index is 12.6. The average molecular weight is 437 g/mol. The Bertz CT molecular complexity index is 1130. The molecule has 2 atom stereocenters. The summed E-state index contributed by atoms with van der Waals surface area (Å²) in [6.45, 7) is 3.82. The Balaban J connectivity index is 1.74. The van der Waals surface area contributed by atoms with Gasteiger partial charge in [-0.15, -0.1) is 0 Å². The van der Waals surface area contributed by atoms with Crippen molar-refractivity contribution in [2.75, 3.05) is 11.5 Å². The molecule has 2 unspecified atom stereocenters. The Labute approximate surface area is 171 Å². The molecule has 1 fully saturated rings. The SMILES string of the molecule is Cc1ccccc1C(C)NC(=O)c1cccc(S(=O)(=O)NC2CCS(=O)(=O)C2)c1. The number of carbonyl (C=O) groups excluding carboxylic acids is 1. The van der Waals surface area contributed by atoms with Crippen LogP contribution in [0.15, 0.2) is 53.4 Å². The highest BCUT2D eigenvalue weighted by Gasteiger charge is 2.31. The smallest absolute Gasteiger partial charge is 0.251 e.